The molecule has 0 N–H and O–H groups in total. The van der Waals surface area contributed by atoms with Crippen molar-refractivity contribution < 1.29 is 9.22 Å². The molecule has 2 aromatic rings. The maximum atomic E-state index is 12.1. The van der Waals surface area contributed by atoms with Crippen LogP contribution in [0, 0.1) is 0 Å². The largest absolute Gasteiger partial charge is 0.405 e. The summed E-state index contributed by atoms with van der Waals surface area (Å²) in [5.74, 6) is 0.356. The molecule has 2 aromatic carbocycles. The van der Waals surface area contributed by atoms with Gasteiger partial charge in [0, 0.05) is 18.9 Å². The monoisotopic (exact) mass is 422 g/mol. The average molecular weight is 423 g/mol. The fourth-order valence-electron chi connectivity index (χ4n) is 4.21. The summed E-state index contributed by atoms with van der Waals surface area (Å²) in [7, 11) is -2.51. The predicted octanol–water partition coefficient (Wildman–Crippen LogP) is 6.05. The number of ketones is 1. The van der Waals surface area contributed by atoms with Crippen LogP contribution in [0.5, 0.6) is 0 Å². The minimum Gasteiger partial charge on any atom is -0.405 e. The van der Waals surface area contributed by atoms with Gasteiger partial charge in [-0.25, -0.2) is 0 Å². The number of carbonyl (C=O) groups excluding carboxylic acids is 1. The van der Waals surface area contributed by atoms with Crippen molar-refractivity contribution in [2.75, 3.05) is 0 Å². The van der Waals surface area contributed by atoms with Crippen LogP contribution in [0.3, 0.4) is 0 Å². The summed E-state index contributed by atoms with van der Waals surface area (Å²) in [5.41, 5.74) is 0. The van der Waals surface area contributed by atoms with E-state index in [4.69, 9.17) is 4.43 Å². The number of hydrogen-bond acceptors (Lipinski definition) is 2. The Kier molecular flexibility index (Phi) is 9.26. The molecule has 0 aliphatic carbocycles. The molecular formula is C27H38O2Si. The Morgan fingerprint density at radius 2 is 1.47 bits per heavy atom. The lowest BCUT2D eigenvalue weighted by molar-refractivity contribution is -0.119. The number of unbranched alkanes of at least 4 members (excludes halogenated alkanes) is 1. The summed E-state index contributed by atoms with van der Waals surface area (Å²) < 4.78 is 7.07. The molecular weight excluding hydrogens is 384 g/mol. The second kappa shape index (κ2) is 11.4. The standard InChI is InChI=1S/C27H38O2Si/c1-6-7-10-17-24(28)18-15-16-23(2)29-30(27(3,4)5,25-19-11-8-12-20-25)26-21-13-9-14-22-26/h6,8-9,11-14,19-23H,1,7,10,15-18H2,2-5H3/t23-/m0/s1. The molecule has 2 rings (SSSR count). The molecule has 0 aliphatic rings. The molecule has 0 heterocycles. The highest BCUT2D eigenvalue weighted by Gasteiger charge is 2.50. The molecule has 0 aromatic heterocycles. The predicted molar refractivity (Wildman–Crippen MR) is 131 cm³/mol. The molecule has 0 unspecified atom stereocenters. The number of Topliss-reactive ketones (excluding diaryl/α,β-unsaturated/α-hetero) is 1. The Bertz CT molecular complexity index is 738. The van der Waals surface area contributed by atoms with Gasteiger partial charge >= 0.3 is 0 Å². The van der Waals surface area contributed by atoms with Crippen molar-refractivity contribution in [2.24, 2.45) is 0 Å². The van der Waals surface area contributed by atoms with Crippen LogP contribution in [0.2, 0.25) is 5.04 Å². The Balaban J connectivity index is 2.20. The van der Waals surface area contributed by atoms with Crippen molar-refractivity contribution in [3.05, 3.63) is 73.3 Å². The topological polar surface area (TPSA) is 26.3 Å². The van der Waals surface area contributed by atoms with Gasteiger partial charge in [0.05, 0.1) is 0 Å². The number of hydrogen-bond donors (Lipinski definition) is 0. The molecule has 2 nitrogen and oxygen atoms in total. The summed E-state index contributed by atoms with van der Waals surface area (Å²) in [4.78, 5) is 12.1. The molecule has 0 saturated carbocycles. The molecule has 0 bridgehead atoms. The minimum atomic E-state index is -2.51. The van der Waals surface area contributed by atoms with Crippen LogP contribution in [0.25, 0.3) is 0 Å². The zero-order valence-electron chi connectivity index (χ0n) is 19.2. The van der Waals surface area contributed by atoms with Gasteiger partial charge in [0.25, 0.3) is 8.32 Å². The van der Waals surface area contributed by atoms with Gasteiger partial charge in [0.2, 0.25) is 0 Å². The van der Waals surface area contributed by atoms with Gasteiger partial charge in [-0.2, -0.15) is 0 Å². The van der Waals surface area contributed by atoms with E-state index >= 15 is 0 Å². The molecule has 0 radical (unpaired) electrons. The van der Waals surface area contributed by atoms with Crippen LogP contribution in [0.1, 0.15) is 66.2 Å². The summed E-state index contributed by atoms with van der Waals surface area (Å²) in [6, 6.07) is 21.5. The maximum Gasteiger partial charge on any atom is 0.261 e. The van der Waals surface area contributed by atoms with Crippen LogP contribution in [-0.2, 0) is 9.22 Å². The van der Waals surface area contributed by atoms with Crippen molar-refractivity contribution in [1.29, 1.82) is 0 Å². The van der Waals surface area contributed by atoms with E-state index in [0.717, 1.165) is 25.7 Å². The lowest BCUT2D eigenvalue weighted by atomic mass is 10.1. The average Bonchev–Trinajstić information content (AvgIpc) is 2.72. The molecule has 162 valence electrons. The summed E-state index contributed by atoms with van der Waals surface area (Å²) in [6.07, 6.45) is 6.89. The van der Waals surface area contributed by atoms with E-state index in [0.29, 0.717) is 18.6 Å². The van der Waals surface area contributed by atoms with Gasteiger partial charge in [0.1, 0.15) is 5.78 Å². The molecule has 1 atom stereocenters. The van der Waals surface area contributed by atoms with Crippen molar-refractivity contribution in [3.8, 4) is 0 Å². The van der Waals surface area contributed by atoms with Gasteiger partial charge in [0.15, 0.2) is 0 Å². The van der Waals surface area contributed by atoms with Gasteiger partial charge in [-0.3, -0.25) is 4.79 Å². The van der Waals surface area contributed by atoms with Crippen LogP contribution in [-0.4, -0.2) is 20.2 Å². The van der Waals surface area contributed by atoms with Gasteiger partial charge < -0.3 is 4.43 Å². The first kappa shape index (κ1) is 24.3. The molecule has 0 amide bonds. The van der Waals surface area contributed by atoms with Crippen LogP contribution in [0.15, 0.2) is 73.3 Å². The third-order valence-electron chi connectivity index (χ3n) is 5.72. The van der Waals surface area contributed by atoms with Crippen LogP contribution in [0.4, 0.5) is 0 Å². The van der Waals surface area contributed by atoms with E-state index in [-0.39, 0.29) is 11.1 Å². The Labute approximate surface area is 184 Å². The van der Waals surface area contributed by atoms with E-state index in [1.807, 2.05) is 6.08 Å². The lowest BCUT2D eigenvalue weighted by Gasteiger charge is -2.44. The van der Waals surface area contributed by atoms with Crippen molar-refractivity contribution in [1.82, 2.24) is 0 Å². The first-order valence-corrected chi connectivity index (χ1v) is 13.1. The highest BCUT2D eigenvalue weighted by atomic mass is 28.4. The summed E-state index contributed by atoms with van der Waals surface area (Å²) >= 11 is 0. The Morgan fingerprint density at radius 3 is 1.93 bits per heavy atom. The molecule has 0 saturated heterocycles. The van der Waals surface area contributed by atoms with Gasteiger partial charge in [-0.1, -0.05) is 87.5 Å². The van der Waals surface area contributed by atoms with Crippen molar-refractivity contribution in [3.63, 3.8) is 0 Å². The Morgan fingerprint density at radius 1 is 0.967 bits per heavy atom. The normalized spacial score (nSPS) is 13.1. The van der Waals surface area contributed by atoms with E-state index in [2.05, 4.69) is 94.9 Å². The van der Waals surface area contributed by atoms with Crippen molar-refractivity contribution in [2.45, 2.75) is 77.4 Å². The first-order chi connectivity index (χ1) is 14.3. The molecule has 30 heavy (non-hydrogen) atoms. The zero-order valence-corrected chi connectivity index (χ0v) is 20.2. The molecule has 0 fully saturated rings. The third-order valence-corrected chi connectivity index (χ3v) is 10.9. The lowest BCUT2D eigenvalue weighted by Crippen LogP contribution is -2.67. The molecule has 3 heteroatoms. The highest BCUT2D eigenvalue weighted by molar-refractivity contribution is 6.99. The molecule has 0 spiro atoms. The smallest absolute Gasteiger partial charge is 0.261 e. The molecule has 0 aliphatic heterocycles. The van der Waals surface area contributed by atoms with E-state index < -0.39 is 8.32 Å². The summed E-state index contributed by atoms with van der Waals surface area (Å²) in [5, 5.41) is 2.58. The third kappa shape index (κ3) is 6.26. The fraction of sp³-hybridized carbons (Fsp3) is 0.444. The van der Waals surface area contributed by atoms with E-state index in [1.54, 1.807) is 0 Å². The van der Waals surface area contributed by atoms with Crippen LogP contribution < -0.4 is 10.4 Å². The first-order valence-electron chi connectivity index (χ1n) is 11.2. The number of carbonyl (C=O) groups is 1. The zero-order chi connectivity index (χ0) is 22.0. The summed E-state index contributed by atoms with van der Waals surface area (Å²) in [6.45, 7) is 12.8. The Hall–Kier alpha value is -1.97. The van der Waals surface area contributed by atoms with Gasteiger partial charge in [-0.05, 0) is 48.0 Å². The van der Waals surface area contributed by atoms with E-state index in [9.17, 15) is 4.79 Å². The van der Waals surface area contributed by atoms with Gasteiger partial charge in [-0.15, -0.1) is 6.58 Å². The highest BCUT2D eigenvalue weighted by Crippen LogP contribution is 2.37. The number of rotatable bonds is 12. The second-order valence-electron chi connectivity index (χ2n) is 9.20. The number of benzene rings is 2. The maximum absolute atomic E-state index is 12.1. The number of allylic oxidation sites excluding steroid dienone is 1. The minimum absolute atomic E-state index is 0.0233. The fourth-order valence-corrected chi connectivity index (χ4v) is 8.94. The van der Waals surface area contributed by atoms with Crippen LogP contribution >= 0.6 is 0 Å². The SMILES string of the molecule is C=CCCCC(=O)CCC[C@H](C)O[Si](c1ccccc1)(c1ccccc1)C(C)(C)C. The van der Waals surface area contributed by atoms with Crippen molar-refractivity contribution >= 4 is 24.5 Å². The second-order valence-corrected chi connectivity index (χ2v) is 13.5. The van der Waals surface area contributed by atoms with E-state index in [1.165, 1.54) is 10.4 Å². The quantitative estimate of drug-likeness (QED) is 0.236.